The van der Waals surface area contributed by atoms with E-state index in [0.717, 1.165) is 5.82 Å². The molecule has 0 aliphatic heterocycles. The maximum Gasteiger partial charge on any atom is 0.291 e. The van der Waals surface area contributed by atoms with E-state index in [1.807, 2.05) is 23.7 Å². The summed E-state index contributed by atoms with van der Waals surface area (Å²) in [6.07, 6.45) is 3.59. The zero-order chi connectivity index (χ0) is 10.4. The van der Waals surface area contributed by atoms with Crippen LogP contribution in [0.1, 0.15) is 0 Å². The SMILES string of the molecule is O=[N+]([O-])O.c1csc(-c2ncc[nH]2)c1. The molecule has 7 heteroatoms. The summed E-state index contributed by atoms with van der Waals surface area (Å²) in [5, 5.41) is 15.7. The van der Waals surface area contributed by atoms with Crippen LogP contribution in [-0.2, 0) is 0 Å². The minimum Gasteiger partial charge on any atom is -0.344 e. The first-order valence-corrected chi connectivity index (χ1v) is 4.44. The molecule has 0 unspecified atom stereocenters. The van der Waals surface area contributed by atoms with Crippen LogP contribution in [0.5, 0.6) is 0 Å². The van der Waals surface area contributed by atoms with Gasteiger partial charge in [0.2, 0.25) is 0 Å². The van der Waals surface area contributed by atoms with Gasteiger partial charge in [-0.2, -0.15) is 0 Å². The topological polar surface area (TPSA) is 92.1 Å². The van der Waals surface area contributed by atoms with Crippen LogP contribution in [0.3, 0.4) is 0 Å². The number of imidazole rings is 1. The van der Waals surface area contributed by atoms with Gasteiger partial charge in [-0.1, -0.05) is 6.07 Å². The third-order valence-corrected chi connectivity index (χ3v) is 2.13. The van der Waals surface area contributed by atoms with Crippen molar-refractivity contribution in [3.8, 4) is 10.7 Å². The molecule has 14 heavy (non-hydrogen) atoms. The standard InChI is InChI=1S/C7H6N2S.HNO3/c1-2-6(10-5-1)7-8-3-4-9-7;2-1(3)4/h1-5H,(H,8,9);(H,2,3,4). The summed E-state index contributed by atoms with van der Waals surface area (Å²) >= 11 is 1.69. The second kappa shape index (κ2) is 4.97. The maximum absolute atomic E-state index is 8.36. The van der Waals surface area contributed by atoms with E-state index in [4.69, 9.17) is 15.3 Å². The Bertz CT molecular complexity index is 335. The van der Waals surface area contributed by atoms with Crippen LogP contribution >= 0.6 is 11.3 Å². The number of nitrogens with zero attached hydrogens (tertiary/aromatic N) is 2. The van der Waals surface area contributed by atoms with Gasteiger partial charge in [0.05, 0.1) is 4.88 Å². The van der Waals surface area contributed by atoms with Crippen molar-refractivity contribution in [3.63, 3.8) is 0 Å². The molecule has 6 nitrogen and oxygen atoms in total. The van der Waals surface area contributed by atoms with E-state index in [2.05, 4.69) is 9.97 Å². The molecule has 0 aromatic carbocycles. The molecule has 2 aromatic rings. The van der Waals surface area contributed by atoms with Gasteiger partial charge in [0.25, 0.3) is 5.09 Å². The first kappa shape index (κ1) is 10.2. The van der Waals surface area contributed by atoms with Crippen LogP contribution in [0.4, 0.5) is 0 Å². The Morgan fingerprint density at radius 2 is 2.36 bits per heavy atom. The van der Waals surface area contributed by atoms with E-state index in [0.29, 0.717) is 0 Å². The molecule has 0 saturated heterocycles. The first-order valence-electron chi connectivity index (χ1n) is 3.56. The van der Waals surface area contributed by atoms with Gasteiger partial charge in [-0.3, -0.25) is 0 Å². The fourth-order valence-electron chi connectivity index (χ4n) is 0.813. The van der Waals surface area contributed by atoms with Crippen molar-refractivity contribution in [2.45, 2.75) is 0 Å². The summed E-state index contributed by atoms with van der Waals surface area (Å²) in [6, 6.07) is 4.06. The summed E-state index contributed by atoms with van der Waals surface area (Å²) in [5.41, 5.74) is 0. The third kappa shape index (κ3) is 3.23. The van der Waals surface area contributed by atoms with Crippen molar-refractivity contribution in [2.75, 3.05) is 0 Å². The van der Waals surface area contributed by atoms with E-state index in [1.54, 1.807) is 17.5 Å². The van der Waals surface area contributed by atoms with Crippen molar-refractivity contribution >= 4 is 11.3 Å². The lowest BCUT2D eigenvalue weighted by Gasteiger charge is -1.85. The molecule has 0 bridgehead atoms. The average Bonchev–Trinajstić information content (AvgIpc) is 2.76. The average molecular weight is 213 g/mol. The van der Waals surface area contributed by atoms with Crippen molar-refractivity contribution in [1.29, 1.82) is 0 Å². The Morgan fingerprint density at radius 1 is 1.64 bits per heavy atom. The van der Waals surface area contributed by atoms with Crippen molar-refractivity contribution in [3.05, 3.63) is 40.0 Å². The zero-order valence-electron chi connectivity index (χ0n) is 6.95. The van der Waals surface area contributed by atoms with Gasteiger partial charge in [-0.15, -0.1) is 21.5 Å². The molecule has 2 aromatic heterocycles. The Balaban J connectivity index is 0.000000213. The van der Waals surface area contributed by atoms with Crippen LogP contribution in [0.15, 0.2) is 29.9 Å². The maximum atomic E-state index is 8.36. The van der Waals surface area contributed by atoms with Gasteiger partial charge in [-0.05, 0) is 11.4 Å². The Morgan fingerprint density at radius 3 is 2.79 bits per heavy atom. The van der Waals surface area contributed by atoms with E-state index in [1.165, 1.54) is 4.88 Å². The quantitative estimate of drug-likeness (QED) is 0.558. The van der Waals surface area contributed by atoms with Gasteiger partial charge in [0.15, 0.2) is 0 Å². The highest BCUT2D eigenvalue weighted by Gasteiger charge is 1.97. The lowest BCUT2D eigenvalue weighted by Crippen LogP contribution is -1.81. The number of aromatic amines is 1. The number of H-pyrrole nitrogens is 1. The second-order valence-electron chi connectivity index (χ2n) is 2.15. The summed E-state index contributed by atoms with van der Waals surface area (Å²) in [5.74, 6) is 0.954. The van der Waals surface area contributed by atoms with Crippen LogP contribution in [0.2, 0.25) is 0 Å². The largest absolute Gasteiger partial charge is 0.344 e. The number of rotatable bonds is 1. The second-order valence-corrected chi connectivity index (χ2v) is 3.10. The fraction of sp³-hybridized carbons (Fsp3) is 0. The molecular weight excluding hydrogens is 206 g/mol. The summed E-state index contributed by atoms with van der Waals surface area (Å²) in [7, 11) is 0. The molecule has 0 fully saturated rings. The molecule has 0 aliphatic rings. The van der Waals surface area contributed by atoms with E-state index >= 15 is 0 Å². The number of thiophene rings is 1. The highest BCUT2D eigenvalue weighted by molar-refractivity contribution is 7.13. The van der Waals surface area contributed by atoms with Gasteiger partial charge in [-0.25, -0.2) is 4.98 Å². The van der Waals surface area contributed by atoms with E-state index in [9.17, 15) is 0 Å². The van der Waals surface area contributed by atoms with Gasteiger partial charge in [0, 0.05) is 12.4 Å². The Kier molecular flexibility index (Phi) is 3.62. The molecule has 0 amide bonds. The molecule has 0 spiro atoms. The number of hydrogen-bond donors (Lipinski definition) is 2. The van der Waals surface area contributed by atoms with E-state index in [-0.39, 0.29) is 0 Å². The molecule has 0 aliphatic carbocycles. The summed E-state index contributed by atoms with van der Waals surface area (Å²) < 4.78 is 0. The molecule has 0 saturated carbocycles. The van der Waals surface area contributed by atoms with Crippen molar-refractivity contribution < 1.29 is 10.3 Å². The Labute approximate surface area is 83.0 Å². The lowest BCUT2D eigenvalue weighted by molar-refractivity contribution is -0.742. The van der Waals surface area contributed by atoms with Crippen molar-refractivity contribution in [1.82, 2.24) is 9.97 Å². The van der Waals surface area contributed by atoms with Crippen LogP contribution in [0.25, 0.3) is 10.7 Å². The van der Waals surface area contributed by atoms with Crippen LogP contribution in [0, 0.1) is 10.1 Å². The molecule has 2 heterocycles. The highest BCUT2D eigenvalue weighted by Crippen LogP contribution is 2.19. The summed E-state index contributed by atoms with van der Waals surface area (Å²) in [6.45, 7) is 0. The first-order chi connectivity index (χ1) is 6.70. The number of aromatic nitrogens is 2. The zero-order valence-corrected chi connectivity index (χ0v) is 7.77. The van der Waals surface area contributed by atoms with Crippen molar-refractivity contribution in [2.24, 2.45) is 0 Å². The lowest BCUT2D eigenvalue weighted by atomic mass is 10.4. The van der Waals surface area contributed by atoms with E-state index < -0.39 is 5.09 Å². The monoisotopic (exact) mass is 213 g/mol. The molecular formula is C7H7N3O3S. The molecule has 0 radical (unpaired) electrons. The number of hydrogen-bond acceptors (Lipinski definition) is 4. The minimum atomic E-state index is -1.50. The molecule has 2 N–H and O–H groups in total. The normalized spacial score (nSPS) is 8.86. The van der Waals surface area contributed by atoms with Gasteiger partial charge < -0.3 is 10.2 Å². The molecule has 0 atom stereocenters. The fourth-order valence-corrected chi connectivity index (χ4v) is 1.50. The van der Waals surface area contributed by atoms with Gasteiger partial charge in [0.1, 0.15) is 5.82 Å². The minimum absolute atomic E-state index is 0.954. The van der Waals surface area contributed by atoms with Gasteiger partial charge >= 0.3 is 0 Å². The summed E-state index contributed by atoms with van der Waals surface area (Å²) in [4.78, 5) is 16.7. The smallest absolute Gasteiger partial charge is 0.291 e. The highest BCUT2D eigenvalue weighted by atomic mass is 32.1. The predicted octanol–water partition coefficient (Wildman–Crippen LogP) is 1.79. The van der Waals surface area contributed by atoms with Crippen LogP contribution < -0.4 is 0 Å². The third-order valence-electron chi connectivity index (χ3n) is 1.25. The number of nitrogens with one attached hydrogen (secondary N) is 1. The molecule has 2 rings (SSSR count). The predicted molar refractivity (Wildman–Crippen MR) is 50.7 cm³/mol. The molecule has 74 valence electrons. The van der Waals surface area contributed by atoms with Crippen LogP contribution in [-0.4, -0.2) is 20.3 Å². The Hall–Kier alpha value is -1.89.